The number of nitrogens with zero attached hydrogens (tertiary/aromatic N) is 3. The minimum absolute atomic E-state index is 0.0679. The normalized spacial score (nSPS) is 12.2. The largest absolute Gasteiger partial charge is 0.483 e. The molecule has 1 heterocycles. The number of carbonyl (C=O) groups is 1. The Morgan fingerprint density at radius 1 is 1.03 bits per heavy atom. The highest BCUT2D eigenvalue weighted by atomic mass is 32.2. The number of thioether (sulfide) groups is 2. The van der Waals surface area contributed by atoms with Crippen molar-refractivity contribution in [2.75, 3.05) is 17.3 Å². The number of carbonyl (C=O) groups excluding carboxylic acids is 1. The summed E-state index contributed by atoms with van der Waals surface area (Å²) in [4.78, 5) is 13.7. The number of hydrogen-bond acceptors (Lipinski definition) is 6. The quantitative estimate of drug-likeness (QED) is 0.299. The Morgan fingerprint density at radius 2 is 1.74 bits per heavy atom. The lowest BCUT2D eigenvalue weighted by Gasteiger charge is -2.18. The Bertz CT molecular complexity index is 1080. The molecule has 2 aromatic carbocycles. The van der Waals surface area contributed by atoms with Crippen molar-refractivity contribution in [3.05, 3.63) is 59.9 Å². The lowest BCUT2D eigenvalue weighted by Crippen LogP contribution is -2.17. The zero-order chi connectivity index (χ0) is 24.7. The van der Waals surface area contributed by atoms with Gasteiger partial charge < -0.3 is 14.6 Å². The number of nitrogens with one attached hydrogen (secondary N) is 1. The SMILES string of the molecule is CSc1ccccc1NC(=O)CSc1nnc(C(C)Oc2ccc(C(C)C)cc2)n1CC(C)C. The van der Waals surface area contributed by atoms with E-state index in [0.29, 0.717) is 11.8 Å². The molecule has 3 rings (SSSR count). The Morgan fingerprint density at radius 3 is 2.38 bits per heavy atom. The zero-order valence-electron chi connectivity index (χ0n) is 20.7. The van der Waals surface area contributed by atoms with Crippen LogP contribution in [0.5, 0.6) is 5.75 Å². The van der Waals surface area contributed by atoms with E-state index < -0.39 is 0 Å². The van der Waals surface area contributed by atoms with Crippen LogP contribution in [-0.4, -0.2) is 32.7 Å². The summed E-state index contributed by atoms with van der Waals surface area (Å²) in [5.41, 5.74) is 2.11. The second-order valence-corrected chi connectivity index (χ2v) is 10.7. The van der Waals surface area contributed by atoms with Crippen molar-refractivity contribution in [3.63, 3.8) is 0 Å². The van der Waals surface area contributed by atoms with Crippen LogP contribution in [-0.2, 0) is 11.3 Å². The highest BCUT2D eigenvalue weighted by Gasteiger charge is 2.21. The Kier molecular flexibility index (Phi) is 9.47. The van der Waals surface area contributed by atoms with Gasteiger partial charge in [-0.1, -0.05) is 63.7 Å². The minimum Gasteiger partial charge on any atom is -0.483 e. The molecule has 0 aliphatic rings. The van der Waals surface area contributed by atoms with Crippen LogP contribution >= 0.6 is 23.5 Å². The van der Waals surface area contributed by atoms with Crippen LogP contribution in [0.4, 0.5) is 5.69 Å². The first-order chi connectivity index (χ1) is 16.3. The van der Waals surface area contributed by atoms with Crippen LogP contribution in [0.25, 0.3) is 0 Å². The second-order valence-electron chi connectivity index (χ2n) is 8.87. The lowest BCUT2D eigenvalue weighted by molar-refractivity contribution is -0.113. The smallest absolute Gasteiger partial charge is 0.234 e. The number of anilines is 1. The first-order valence-electron chi connectivity index (χ1n) is 11.5. The van der Waals surface area contributed by atoms with E-state index in [9.17, 15) is 4.79 Å². The third-order valence-corrected chi connectivity index (χ3v) is 6.99. The Labute approximate surface area is 211 Å². The molecule has 6 nitrogen and oxygen atoms in total. The highest BCUT2D eigenvalue weighted by molar-refractivity contribution is 7.99. The van der Waals surface area contributed by atoms with Gasteiger partial charge in [0.2, 0.25) is 5.91 Å². The number of rotatable bonds is 11. The van der Waals surface area contributed by atoms with Crippen molar-refractivity contribution < 1.29 is 9.53 Å². The van der Waals surface area contributed by atoms with Crippen LogP contribution in [0.3, 0.4) is 0 Å². The molecule has 0 aliphatic heterocycles. The van der Waals surface area contributed by atoms with Crippen molar-refractivity contribution in [2.24, 2.45) is 5.92 Å². The molecular weight excluding hydrogens is 464 g/mol. The Balaban J connectivity index is 1.69. The molecule has 0 radical (unpaired) electrons. The van der Waals surface area contributed by atoms with Gasteiger partial charge in [-0.2, -0.15) is 0 Å². The summed E-state index contributed by atoms with van der Waals surface area (Å²) in [6, 6.07) is 16.0. The van der Waals surface area contributed by atoms with Crippen LogP contribution < -0.4 is 10.1 Å². The fourth-order valence-corrected chi connectivity index (χ4v) is 4.81. The molecule has 1 aromatic heterocycles. The fourth-order valence-electron chi connectivity index (χ4n) is 3.50. The molecule has 0 spiro atoms. The molecule has 1 N–H and O–H groups in total. The summed E-state index contributed by atoms with van der Waals surface area (Å²) in [6.45, 7) is 11.4. The molecule has 0 fully saturated rings. The van der Waals surface area contributed by atoms with Gasteiger partial charge >= 0.3 is 0 Å². The van der Waals surface area contributed by atoms with E-state index in [4.69, 9.17) is 4.74 Å². The summed E-state index contributed by atoms with van der Waals surface area (Å²) in [7, 11) is 0. The third-order valence-electron chi connectivity index (χ3n) is 5.23. The van der Waals surface area contributed by atoms with Gasteiger partial charge in [0, 0.05) is 11.4 Å². The second kappa shape index (κ2) is 12.3. The fraction of sp³-hybridized carbons (Fsp3) is 0.423. The maximum absolute atomic E-state index is 12.6. The molecular formula is C26H34N4O2S2. The molecule has 0 saturated carbocycles. The molecule has 1 amide bonds. The molecule has 0 saturated heterocycles. The summed E-state index contributed by atoms with van der Waals surface area (Å²) >= 11 is 3.00. The van der Waals surface area contributed by atoms with Gasteiger partial charge in [-0.25, -0.2) is 0 Å². The van der Waals surface area contributed by atoms with E-state index in [2.05, 4.69) is 59.9 Å². The highest BCUT2D eigenvalue weighted by Crippen LogP contribution is 2.28. The van der Waals surface area contributed by atoms with E-state index in [0.717, 1.165) is 33.9 Å². The average Bonchev–Trinajstić information content (AvgIpc) is 3.20. The third kappa shape index (κ3) is 7.03. The average molecular weight is 499 g/mol. The molecule has 182 valence electrons. The van der Waals surface area contributed by atoms with Crippen LogP contribution in [0, 0.1) is 5.92 Å². The molecule has 1 atom stereocenters. The predicted octanol–water partition coefficient (Wildman–Crippen LogP) is 6.65. The minimum atomic E-state index is -0.271. The number of aromatic nitrogens is 3. The summed E-state index contributed by atoms with van der Waals surface area (Å²) in [6.07, 6.45) is 1.73. The molecule has 3 aromatic rings. The standard InChI is InChI=1S/C26H34N4O2S2/c1-17(2)15-30-25(19(5)32-21-13-11-20(12-14-21)18(3)4)28-29-26(30)34-16-24(31)27-22-9-7-8-10-23(22)33-6/h7-14,17-19H,15-16H2,1-6H3,(H,27,31). The van der Waals surface area contributed by atoms with Gasteiger partial charge in [0.05, 0.1) is 11.4 Å². The number of para-hydroxylation sites is 1. The zero-order valence-corrected chi connectivity index (χ0v) is 22.4. The monoisotopic (exact) mass is 498 g/mol. The van der Waals surface area contributed by atoms with Crippen molar-refractivity contribution in [1.82, 2.24) is 14.8 Å². The predicted molar refractivity (Wildman–Crippen MR) is 142 cm³/mol. The number of benzene rings is 2. The maximum atomic E-state index is 12.6. The van der Waals surface area contributed by atoms with Crippen molar-refractivity contribution >= 4 is 35.1 Å². The number of amides is 1. The van der Waals surface area contributed by atoms with Gasteiger partial charge in [0.25, 0.3) is 0 Å². The van der Waals surface area contributed by atoms with Gasteiger partial charge in [-0.3, -0.25) is 4.79 Å². The molecule has 0 bridgehead atoms. The van der Waals surface area contributed by atoms with E-state index in [1.54, 1.807) is 11.8 Å². The first-order valence-corrected chi connectivity index (χ1v) is 13.7. The molecule has 1 unspecified atom stereocenters. The molecule has 8 heteroatoms. The van der Waals surface area contributed by atoms with Gasteiger partial charge in [0.15, 0.2) is 17.1 Å². The summed E-state index contributed by atoms with van der Waals surface area (Å²) in [5.74, 6) is 2.63. The van der Waals surface area contributed by atoms with Gasteiger partial charge in [-0.15, -0.1) is 22.0 Å². The van der Waals surface area contributed by atoms with Gasteiger partial charge in [-0.05, 0) is 54.8 Å². The van der Waals surface area contributed by atoms with Crippen molar-refractivity contribution in [2.45, 2.75) is 63.2 Å². The van der Waals surface area contributed by atoms with E-state index in [1.807, 2.05) is 49.6 Å². The molecule has 0 aliphatic carbocycles. The lowest BCUT2D eigenvalue weighted by atomic mass is 10.0. The van der Waals surface area contributed by atoms with E-state index in [-0.39, 0.29) is 17.8 Å². The Hall–Kier alpha value is -2.45. The molecule has 34 heavy (non-hydrogen) atoms. The first kappa shape index (κ1) is 26.2. The summed E-state index contributed by atoms with van der Waals surface area (Å²) in [5, 5.41) is 12.6. The van der Waals surface area contributed by atoms with Crippen LogP contribution in [0.2, 0.25) is 0 Å². The summed E-state index contributed by atoms with van der Waals surface area (Å²) < 4.78 is 8.26. The maximum Gasteiger partial charge on any atom is 0.234 e. The number of ether oxygens (including phenoxy) is 1. The van der Waals surface area contributed by atoms with Crippen LogP contribution in [0.1, 0.15) is 58.0 Å². The van der Waals surface area contributed by atoms with E-state index >= 15 is 0 Å². The van der Waals surface area contributed by atoms with Crippen molar-refractivity contribution in [1.29, 1.82) is 0 Å². The van der Waals surface area contributed by atoms with Crippen LogP contribution in [0.15, 0.2) is 58.6 Å². The van der Waals surface area contributed by atoms with E-state index in [1.165, 1.54) is 17.3 Å². The van der Waals surface area contributed by atoms with Crippen molar-refractivity contribution in [3.8, 4) is 5.75 Å². The van der Waals surface area contributed by atoms with Gasteiger partial charge in [0.1, 0.15) is 5.75 Å². The number of hydrogen-bond donors (Lipinski definition) is 1. The topological polar surface area (TPSA) is 69.0 Å².